The molecule has 3 aromatic heterocycles. The van der Waals surface area contributed by atoms with Crippen molar-refractivity contribution in [3.8, 4) is 28.4 Å². The summed E-state index contributed by atoms with van der Waals surface area (Å²) in [5, 5.41) is 9.54. The van der Waals surface area contributed by atoms with E-state index in [-0.39, 0.29) is 61.0 Å². The van der Waals surface area contributed by atoms with Gasteiger partial charge in [0.15, 0.2) is 0 Å². The molecule has 3 aromatic carbocycles. The van der Waals surface area contributed by atoms with Gasteiger partial charge in [-0.1, -0.05) is 24.3 Å². The predicted octanol–water partition coefficient (Wildman–Crippen LogP) is 6.71. The minimum atomic E-state index is -4.14. The second-order valence-electron chi connectivity index (χ2n) is 13.3. The Balaban J connectivity index is 1.21. The van der Waals surface area contributed by atoms with Crippen LogP contribution in [0.2, 0.25) is 0 Å². The molecule has 0 aliphatic carbocycles. The molecule has 15 heteroatoms. The van der Waals surface area contributed by atoms with Gasteiger partial charge in [0, 0.05) is 44.6 Å². The standard InChI is InChI=1S/C40H39F2N5O7S/c1-26-12-15-47-36(21-32-24-45(40(48)49)16-17-54-32)39(43-37(47)18-26)38-34(41)19-29(20-35(38)42)44-14-13-33(25-44)55(50,51)46(22-27-4-8-30(52-2)9-5-27)23-28-6-10-31(53-3)11-7-28/h4-15,18-20,25,32H,16-17,21-24H2,1-3H3,(H,48,49)/t32-/m0/s1. The van der Waals surface area contributed by atoms with E-state index >= 15 is 8.78 Å². The number of carboxylic acid groups (broad SMARTS) is 1. The lowest BCUT2D eigenvalue weighted by Gasteiger charge is -2.31. The minimum Gasteiger partial charge on any atom is -0.497 e. The van der Waals surface area contributed by atoms with E-state index in [2.05, 4.69) is 4.98 Å². The van der Waals surface area contributed by atoms with E-state index in [1.807, 2.05) is 13.0 Å². The molecule has 4 heterocycles. The summed E-state index contributed by atoms with van der Waals surface area (Å²) in [5.41, 5.74) is 3.03. The van der Waals surface area contributed by atoms with Gasteiger partial charge in [-0.25, -0.2) is 27.0 Å². The third-order valence-corrected chi connectivity index (χ3v) is 11.4. The zero-order valence-electron chi connectivity index (χ0n) is 30.4. The molecule has 0 radical (unpaired) electrons. The lowest BCUT2D eigenvalue weighted by molar-refractivity contribution is -0.0214. The van der Waals surface area contributed by atoms with Gasteiger partial charge in [0.2, 0.25) is 10.0 Å². The number of morpholine rings is 1. The fourth-order valence-corrected chi connectivity index (χ4v) is 8.11. The Labute approximate surface area is 316 Å². The van der Waals surface area contributed by atoms with E-state index in [0.717, 1.165) is 28.8 Å². The maximum absolute atomic E-state index is 16.2. The van der Waals surface area contributed by atoms with Gasteiger partial charge < -0.3 is 33.2 Å². The van der Waals surface area contributed by atoms with E-state index in [1.165, 1.54) is 32.2 Å². The average Bonchev–Trinajstić information content (AvgIpc) is 3.81. The Kier molecular flexibility index (Phi) is 10.6. The van der Waals surface area contributed by atoms with Crippen LogP contribution in [-0.2, 0) is 34.3 Å². The van der Waals surface area contributed by atoms with Crippen molar-refractivity contribution in [3.63, 3.8) is 0 Å². The lowest BCUT2D eigenvalue weighted by atomic mass is 10.0. The number of nitrogens with zero attached hydrogens (tertiary/aromatic N) is 5. The molecule has 1 atom stereocenters. The third kappa shape index (κ3) is 7.90. The maximum Gasteiger partial charge on any atom is 0.407 e. The molecule has 0 saturated carbocycles. The highest BCUT2D eigenvalue weighted by atomic mass is 32.2. The highest BCUT2D eigenvalue weighted by Crippen LogP contribution is 2.34. The first-order valence-corrected chi connectivity index (χ1v) is 18.9. The number of sulfonamides is 1. The zero-order valence-corrected chi connectivity index (χ0v) is 31.2. The molecule has 1 N–H and O–H groups in total. The zero-order chi connectivity index (χ0) is 38.9. The van der Waals surface area contributed by atoms with Crippen molar-refractivity contribution in [1.29, 1.82) is 0 Å². The number of aryl methyl sites for hydroxylation is 1. The monoisotopic (exact) mass is 771 g/mol. The fraction of sp³-hybridized carbons (Fsp3) is 0.250. The molecular weight excluding hydrogens is 733 g/mol. The number of hydrogen-bond donors (Lipinski definition) is 1. The number of imidazole rings is 1. The summed E-state index contributed by atoms with van der Waals surface area (Å²) < 4.78 is 81.7. The summed E-state index contributed by atoms with van der Waals surface area (Å²) in [5.74, 6) is -0.555. The molecule has 12 nitrogen and oxygen atoms in total. The van der Waals surface area contributed by atoms with Crippen LogP contribution in [0.3, 0.4) is 0 Å². The van der Waals surface area contributed by atoms with Crippen LogP contribution in [0.5, 0.6) is 11.5 Å². The molecule has 1 saturated heterocycles. The van der Waals surface area contributed by atoms with Crippen LogP contribution in [0.25, 0.3) is 22.6 Å². The maximum atomic E-state index is 16.2. The SMILES string of the molecule is COc1ccc(CN(Cc2ccc(OC)cc2)S(=O)(=O)c2ccn(-c3cc(F)c(-c4nc5cc(C)ccn5c4C[C@H]4CN(C(=O)O)CCO4)c(F)c3)c2)cc1. The van der Waals surface area contributed by atoms with E-state index in [9.17, 15) is 18.3 Å². The van der Waals surface area contributed by atoms with E-state index < -0.39 is 33.9 Å². The van der Waals surface area contributed by atoms with E-state index in [0.29, 0.717) is 22.8 Å². The number of carbonyl (C=O) groups is 1. The third-order valence-electron chi connectivity index (χ3n) is 9.61. The van der Waals surface area contributed by atoms with Crippen LogP contribution in [0, 0.1) is 18.6 Å². The molecule has 286 valence electrons. The molecule has 55 heavy (non-hydrogen) atoms. The van der Waals surface area contributed by atoms with Gasteiger partial charge in [-0.2, -0.15) is 4.31 Å². The summed E-state index contributed by atoms with van der Waals surface area (Å²) in [6.07, 6.45) is 3.03. The van der Waals surface area contributed by atoms with Gasteiger partial charge in [0.25, 0.3) is 0 Å². The highest BCUT2D eigenvalue weighted by molar-refractivity contribution is 7.89. The first-order valence-electron chi connectivity index (χ1n) is 17.4. The number of ether oxygens (including phenoxy) is 3. The van der Waals surface area contributed by atoms with Crippen molar-refractivity contribution in [1.82, 2.24) is 23.2 Å². The van der Waals surface area contributed by atoms with Crippen molar-refractivity contribution >= 4 is 21.8 Å². The second kappa shape index (κ2) is 15.5. The highest BCUT2D eigenvalue weighted by Gasteiger charge is 2.30. The lowest BCUT2D eigenvalue weighted by Crippen LogP contribution is -2.45. The Morgan fingerprint density at radius 1 is 0.927 bits per heavy atom. The molecule has 0 spiro atoms. The number of fused-ring (bicyclic) bond motifs is 1. The Morgan fingerprint density at radius 3 is 2.13 bits per heavy atom. The summed E-state index contributed by atoms with van der Waals surface area (Å²) in [4.78, 5) is 17.5. The quantitative estimate of drug-likeness (QED) is 0.146. The minimum absolute atomic E-state index is 0.0442. The number of rotatable bonds is 12. The molecule has 1 fully saturated rings. The Bertz CT molecular complexity index is 2380. The van der Waals surface area contributed by atoms with Crippen LogP contribution in [0.1, 0.15) is 22.4 Å². The van der Waals surface area contributed by atoms with E-state index in [1.54, 1.807) is 79.4 Å². The van der Waals surface area contributed by atoms with Crippen LogP contribution < -0.4 is 9.47 Å². The van der Waals surface area contributed by atoms with Gasteiger partial charge in [-0.15, -0.1) is 0 Å². The number of methoxy groups -OCH3 is 2. The van der Waals surface area contributed by atoms with Gasteiger partial charge in [-0.3, -0.25) is 0 Å². The average molecular weight is 772 g/mol. The van der Waals surface area contributed by atoms with Crippen LogP contribution >= 0.6 is 0 Å². The molecule has 1 aliphatic rings. The predicted molar refractivity (Wildman–Crippen MR) is 200 cm³/mol. The molecule has 1 amide bonds. The van der Waals surface area contributed by atoms with Gasteiger partial charge >= 0.3 is 6.09 Å². The Hall–Kier alpha value is -5.77. The van der Waals surface area contributed by atoms with Gasteiger partial charge in [0.05, 0.1) is 56.1 Å². The van der Waals surface area contributed by atoms with Gasteiger partial charge in [-0.05, 0) is 78.2 Å². The topological polar surface area (TPSA) is 128 Å². The second-order valence-corrected chi connectivity index (χ2v) is 15.2. The van der Waals surface area contributed by atoms with Crippen LogP contribution in [0.4, 0.5) is 13.6 Å². The fourth-order valence-electron chi connectivity index (χ4n) is 6.69. The Morgan fingerprint density at radius 2 is 1.55 bits per heavy atom. The number of pyridine rings is 1. The van der Waals surface area contributed by atoms with Crippen molar-refractivity contribution < 1.29 is 41.3 Å². The molecular formula is C40H39F2N5O7S. The number of hydrogen-bond acceptors (Lipinski definition) is 7. The van der Waals surface area contributed by atoms with Crippen LogP contribution in [0.15, 0.2) is 102 Å². The summed E-state index contributed by atoms with van der Waals surface area (Å²) in [7, 11) is -1.04. The molecule has 0 bridgehead atoms. The smallest absolute Gasteiger partial charge is 0.407 e. The van der Waals surface area contributed by atoms with Crippen molar-refractivity contribution in [2.45, 2.75) is 37.4 Å². The molecule has 7 rings (SSSR count). The van der Waals surface area contributed by atoms with E-state index in [4.69, 9.17) is 14.2 Å². The van der Waals surface area contributed by atoms with Crippen molar-refractivity contribution in [3.05, 3.63) is 131 Å². The summed E-state index contributed by atoms with van der Waals surface area (Å²) in [6.45, 7) is 2.47. The number of aromatic nitrogens is 3. The van der Waals surface area contributed by atoms with Gasteiger partial charge in [0.1, 0.15) is 33.7 Å². The summed E-state index contributed by atoms with van der Waals surface area (Å²) in [6, 6.07) is 21.4. The largest absolute Gasteiger partial charge is 0.497 e. The van der Waals surface area contributed by atoms with Crippen molar-refractivity contribution in [2.75, 3.05) is 33.9 Å². The van der Waals surface area contributed by atoms with Crippen molar-refractivity contribution in [2.24, 2.45) is 0 Å². The molecule has 1 aliphatic heterocycles. The number of halogens is 2. The first kappa shape index (κ1) is 37.5. The summed E-state index contributed by atoms with van der Waals surface area (Å²) >= 11 is 0. The molecule has 0 unspecified atom stereocenters. The first-order chi connectivity index (χ1) is 26.4. The molecule has 6 aromatic rings. The number of amides is 1. The van der Waals surface area contributed by atoms with Crippen LogP contribution in [-0.4, -0.2) is 82.8 Å². The number of benzene rings is 3. The normalized spacial score (nSPS) is 14.8.